The van der Waals surface area contributed by atoms with Crippen molar-refractivity contribution in [3.8, 4) is 0 Å². The van der Waals surface area contributed by atoms with Crippen LogP contribution < -0.4 is 11.1 Å². The molecule has 21 heavy (non-hydrogen) atoms. The van der Waals surface area contributed by atoms with Crippen molar-refractivity contribution in [1.82, 2.24) is 4.31 Å². The summed E-state index contributed by atoms with van der Waals surface area (Å²) in [6.45, 7) is 1.75. The number of nitrogen functional groups attached to an aromatic ring is 1. The summed E-state index contributed by atoms with van der Waals surface area (Å²) in [4.78, 5) is -0.00384. The predicted molar refractivity (Wildman–Crippen MR) is 84.5 cm³/mol. The Bertz CT molecular complexity index is 697. The van der Waals surface area contributed by atoms with Gasteiger partial charge in [0, 0.05) is 26.4 Å². The number of nitrogens with zero attached hydrogens (tertiary/aromatic N) is 1. The molecule has 0 spiro atoms. The highest BCUT2D eigenvalue weighted by atomic mass is 32.2. The second kappa shape index (κ2) is 6.63. The molecule has 0 heterocycles. The Morgan fingerprint density at radius 3 is 2.33 bits per heavy atom. The van der Waals surface area contributed by atoms with E-state index in [0.717, 1.165) is 4.31 Å². The highest BCUT2D eigenvalue weighted by molar-refractivity contribution is 7.91. The average molecular weight is 335 g/mol. The van der Waals surface area contributed by atoms with E-state index in [1.165, 1.54) is 20.2 Å². The van der Waals surface area contributed by atoms with Crippen LogP contribution in [0, 0.1) is 0 Å². The molecule has 0 bridgehead atoms. The van der Waals surface area contributed by atoms with Crippen LogP contribution in [0.5, 0.6) is 0 Å². The van der Waals surface area contributed by atoms with Crippen LogP contribution in [-0.2, 0) is 19.9 Å². The van der Waals surface area contributed by atoms with Gasteiger partial charge in [0.25, 0.3) is 0 Å². The van der Waals surface area contributed by atoms with Crippen LogP contribution >= 0.6 is 0 Å². The minimum absolute atomic E-state index is 0.00384. The Balaban J connectivity index is 2.98. The molecule has 1 rings (SSSR count). The van der Waals surface area contributed by atoms with Crippen LogP contribution in [0.4, 0.5) is 11.4 Å². The van der Waals surface area contributed by atoms with E-state index in [1.807, 2.05) is 0 Å². The van der Waals surface area contributed by atoms with Gasteiger partial charge in [-0.25, -0.2) is 21.1 Å². The van der Waals surface area contributed by atoms with E-state index in [1.54, 1.807) is 19.1 Å². The first-order valence-corrected chi connectivity index (χ1v) is 9.63. The fourth-order valence-corrected chi connectivity index (χ4v) is 3.34. The van der Waals surface area contributed by atoms with Gasteiger partial charge >= 0.3 is 0 Å². The molecule has 0 fully saturated rings. The molecule has 0 aliphatic rings. The van der Waals surface area contributed by atoms with E-state index in [0.29, 0.717) is 5.69 Å². The zero-order chi connectivity index (χ0) is 16.3. The average Bonchev–Trinajstić information content (AvgIpc) is 2.40. The Morgan fingerprint density at radius 1 is 1.19 bits per heavy atom. The first-order chi connectivity index (χ1) is 9.62. The summed E-state index contributed by atoms with van der Waals surface area (Å²) in [5, 5.41) is 2.87. The lowest BCUT2D eigenvalue weighted by Crippen LogP contribution is -2.24. The molecule has 0 saturated carbocycles. The number of rotatable bonds is 7. The summed E-state index contributed by atoms with van der Waals surface area (Å²) >= 11 is 0. The molecule has 0 amide bonds. The highest BCUT2D eigenvalue weighted by Crippen LogP contribution is 2.27. The number of benzene rings is 1. The number of nitrogens with one attached hydrogen (secondary N) is 1. The van der Waals surface area contributed by atoms with Gasteiger partial charge in [0.2, 0.25) is 10.0 Å². The molecule has 0 aliphatic carbocycles. The highest BCUT2D eigenvalue weighted by Gasteiger charge is 2.21. The van der Waals surface area contributed by atoms with E-state index in [9.17, 15) is 16.8 Å². The van der Waals surface area contributed by atoms with Crippen LogP contribution in [0.25, 0.3) is 0 Å². The molecule has 0 unspecified atom stereocenters. The number of sulfone groups is 1. The van der Waals surface area contributed by atoms with Crippen molar-refractivity contribution in [2.45, 2.75) is 11.8 Å². The van der Waals surface area contributed by atoms with Crippen LogP contribution in [-0.4, -0.2) is 53.3 Å². The van der Waals surface area contributed by atoms with E-state index in [-0.39, 0.29) is 28.6 Å². The van der Waals surface area contributed by atoms with Gasteiger partial charge in [0.1, 0.15) is 4.90 Å². The maximum atomic E-state index is 12.1. The summed E-state index contributed by atoms with van der Waals surface area (Å²) in [7, 11) is -3.88. The zero-order valence-electron chi connectivity index (χ0n) is 12.3. The van der Waals surface area contributed by atoms with Crippen molar-refractivity contribution in [3.63, 3.8) is 0 Å². The topological polar surface area (TPSA) is 110 Å². The lowest BCUT2D eigenvalue weighted by molar-refractivity contribution is 0.521. The molecule has 1 aromatic carbocycles. The van der Waals surface area contributed by atoms with Gasteiger partial charge in [-0.3, -0.25) is 0 Å². The van der Waals surface area contributed by atoms with Gasteiger partial charge < -0.3 is 11.1 Å². The number of hydrogen-bond acceptors (Lipinski definition) is 6. The van der Waals surface area contributed by atoms with E-state index in [4.69, 9.17) is 5.73 Å². The Labute approximate surface area is 126 Å². The van der Waals surface area contributed by atoms with E-state index < -0.39 is 19.9 Å². The van der Waals surface area contributed by atoms with Crippen LogP contribution in [0.15, 0.2) is 23.1 Å². The molecule has 0 saturated heterocycles. The second-order valence-electron chi connectivity index (χ2n) is 4.67. The third-order valence-electron chi connectivity index (χ3n) is 2.99. The molecule has 3 N–H and O–H groups in total. The Morgan fingerprint density at radius 2 is 1.81 bits per heavy atom. The van der Waals surface area contributed by atoms with Crippen molar-refractivity contribution < 1.29 is 16.8 Å². The number of nitrogens with two attached hydrogens (primary N) is 1. The van der Waals surface area contributed by atoms with Gasteiger partial charge in [-0.15, -0.1) is 0 Å². The molecular formula is C12H21N3O4S2. The summed E-state index contributed by atoms with van der Waals surface area (Å²) in [5.74, 6) is 0.0345. The van der Waals surface area contributed by atoms with Crippen molar-refractivity contribution in [2.24, 2.45) is 0 Å². The summed E-state index contributed by atoms with van der Waals surface area (Å²) in [6.07, 6.45) is 0. The largest absolute Gasteiger partial charge is 0.396 e. The van der Waals surface area contributed by atoms with Gasteiger partial charge in [0.15, 0.2) is 9.84 Å². The fourth-order valence-electron chi connectivity index (χ4n) is 1.61. The van der Waals surface area contributed by atoms with Crippen molar-refractivity contribution in [2.75, 3.05) is 43.2 Å². The third kappa shape index (κ3) is 4.32. The first-order valence-electron chi connectivity index (χ1n) is 6.37. The summed E-state index contributed by atoms with van der Waals surface area (Å²) in [6, 6.07) is 4.59. The SMILES string of the molecule is CCS(=O)(=O)CCNc1cccc(S(=O)(=O)N(C)C)c1N. The minimum atomic E-state index is -3.64. The van der Waals surface area contributed by atoms with Crippen LogP contribution in [0.2, 0.25) is 0 Å². The third-order valence-corrected chi connectivity index (χ3v) is 6.57. The molecular weight excluding hydrogens is 314 g/mol. The zero-order valence-corrected chi connectivity index (χ0v) is 14.0. The van der Waals surface area contributed by atoms with Crippen molar-refractivity contribution >= 4 is 31.2 Å². The van der Waals surface area contributed by atoms with Crippen LogP contribution in [0.3, 0.4) is 0 Å². The number of para-hydroxylation sites is 1. The smallest absolute Gasteiger partial charge is 0.244 e. The molecule has 120 valence electrons. The fraction of sp³-hybridized carbons (Fsp3) is 0.500. The van der Waals surface area contributed by atoms with Crippen molar-refractivity contribution in [3.05, 3.63) is 18.2 Å². The van der Waals surface area contributed by atoms with Gasteiger partial charge in [0.05, 0.1) is 17.1 Å². The second-order valence-corrected chi connectivity index (χ2v) is 9.26. The number of anilines is 2. The Hall–Kier alpha value is -1.32. The van der Waals surface area contributed by atoms with Gasteiger partial charge in [-0.05, 0) is 12.1 Å². The quantitative estimate of drug-likeness (QED) is 0.697. The minimum Gasteiger partial charge on any atom is -0.396 e. The van der Waals surface area contributed by atoms with E-state index >= 15 is 0 Å². The summed E-state index contributed by atoms with van der Waals surface area (Å²) < 4.78 is 48.1. The molecule has 0 aromatic heterocycles. The monoisotopic (exact) mass is 335 g/mol. The predicted octanol–water partition coefficient (Wildman–Crippen LogP) is 0.366. The maximum absolute atomic E-state index is 12.1. The molecule has 0 radical (unpaired) electrons. The molecule has 9 heteroatoms. The van der Waals surface area contributed by atoms with Gasteiger partial charge in [-0.2, -0.15) is 0 Å². The van der Waals surface area contributed by atoms with E-state index in [2.05, 4.69) is 5.32 Å². The molecule has 0 atom stereocenters. The lowest BCUT2D eigenvalue weighted by atomic mass is 10.2. The van der Waals surface area contributed by atoms with Gasteiger partial charge in [-0.1, -0.05) is 13.0 Å². The van der Waals surface area contributed by atoms with Crippen LogP contribution in [0.1, 0.15) is 6.92 Å². The molecule has 0 aliphatic heterocycles. The lowest BCUT2D eigenvalue weighted by Gasteiger charge is -2.16. The molecule has 1 aromatic rings. The standard InChI is InChI=1S/C12H21N3O4S2/c1-4-20(16,17)9-8-14-10-6-5-7-11(12(10)13)21(18,19)15(2)3/h5-7,14H,4,8-9,13H2,1-3H3. The Kier molecular flexibility index (Phi) is 5.60. The number of hydrogen-bond donors (Lipinski definition) is 2. The number of sulfonamides is 1. The maximum Gasteiger partial charge on any atom is 0.244 e. The summed E-state index contributed by atoms with van der Waals surface area (Å²) in [5.41, 5.74) is 6.36. The first kappa shape index (κ1) is 17.7. The van der Waals surface area contributed by atoms with Crippen molar-refractivity contribution in [1.29, 1.82) is 0 Å². The normalized spacial score (nSPS) is 12.6. The molecule has 7 nitrogen and oxygen atoms in total.